The standard InChI is InChI=1S/C22H42N2O2.C16H33N3/c1-6-23(7-2)17-19-12-14-24(15-13-19)20-10-8-18(9-11-20)16-21(25)26-22(3,4)5;1-3-18(4-2)13-14-9-11-19(12-10-14)16-7-5-15(17)6-8-16/h18-20H,6-17H2,1-5H3;14-16H,3-13,17H2,1-2H3. The summed E-state index contributed by atoms with van der Waals surface area (Å²) < 4.78 is 5.49. The van der Waals surface area contributed by atoms with Crippen molar-refractivity contribution in [3.05, 3.63) is 0 Å². The maximum Gasteiger partial charge on any atom is 0.306 e. The molecule has 4 aliphatic rings. The fourth-order valence-electron chi connectivity index (χ4n) is 8.49. The van der Waals surface area contributed by atoms with Crippen molar-refractivity contribution >= 4 is 5.97 Å². The molecule has 264 valence electrons. The Balaban J connectivity index is 0.000000257. The molecular formula is C38H75N5O2. The Hall–Kier alpha value is -0.730. The van der Waals surface area contributed by atoms with Crippen LogP contribution in [0.5, 0.6) is 0 Å². The molecule has 0 bridgehead atoms. The molecule has 4 fully saturated rings. The average Bonchev–Trinajstić information content (AvgIpc) is 3.03. The Morgan fingerprint density at radius 1 is 0.622 bits per heavy atom. The first kappa shape index (κ1) is 38.7. The zero-order valence-electron chi connectivity index (χ0n) is 30.9. The van der Waals surface area contributed by atoms with Crippen molar-refractivity contribution in [2.45, 2.75) is 156 Å². The lowest BCUT2D eigenvalue weighted by atomic mass is 9.82. The summed E-state index contributed by atoms with van der Waals surface area (Å²) in [5, 5.41) is 0. The quantitative estimate of drug-likeness (QED) is 0.242. The maximum absolute atomic E-state index is 12.0. The number of likely N-dealkylation sites (tertiary alicyclic amines) is 2. The van der Waals surface area contributed by atoms with E-state index in [4.69, 9.17) is 10.5 Å². The number of hydrogen-bond acceptors (Lipinski definition) is 7. The molecule has 2 saturated carbocycles. The van der Waals surface area contributed by atoms with Gasteiger partial charge in [0.1, 0.15) is 5.60 Å². The molecule has 0 amide bonds. The molecule has 2 N–H and O–H groups in total. The summed E-state index contributed by atoms with van der Waals surface area (Å²) in [6, 6.07) is 2.07. The first-order valence-electron chi connectivity index (χ1n) is 19.4. The van der Waals surface area contributed by atoms with Gasteiger partial charge in [-0.1, -0.05) is 27.7 Å². The van der Waals surface area contributed by atoms with Crippen molar-refractivity contribution in [3.8, 4) is 0 Å². The normalized spacial score (nSPS) is 28.2. The van der Waals surface area contributed by atoms with Crippen molar-refractivity contribution in [1.82, 2.24) is 19.6 Å². The van der Waals surface area contributed by atoms with E-state index in [1.54, 1.807) is 0 Å². The molecule has 0 aromatic rings. The Kier molecular flexibility index (Phi) is 17.2. The van der Waals surface area contributed by atoms with Gasteiger partial charge in [-0.05, 0) is 168 Å². The van der Waals surface area contributed by atoms with E-state index in [2.05, 4.69) is 47.3 Å². The topological polar surface area (TPSA) is 65.3 Å². The highest BCUT2D eigenvalue weighted by Crippen LogP contribution is 2.33. The highest BCUT2D eigenvalue weighted by molar-refractivity contribution is 5.70. The van der Waals surface area contributed by atoms with Gasteiger partial charge in [-0.3, -0.25) is 4.79 Å². The number of carbonyl (C=O) groups is 1. The van der Waals surface area contributed by atoms with Gasteiger partial charge < -0.3 is 30.1 Å². The number of nitrogens with zero attached hydrogens (tertiary/aromatic N) is 4. The van der Waals surface area contributed by atoms with Gasteiger partial charge >= 0.3 is 5.97 Å². The van der Waals surface area contributed by atoms with E-state index in [-0.39, 0.29) is 11.6 Å². The molecule has 2 saturated heterocycles. The molecule has 0 aromatic heterocycles. The van der Waals surface area contributed by atoms with Gasteiger partial charge in [0.2, 0.25) is 0 Å². The van der Waals surface area contributed by atoms with Crippen LogP contribution in [0.3, 0.4) is 0 Å². The first-order chi connectivity index (χ1) is 21.5. The zero-order valence-corrected chi connectivity index (χ0v) is 30.9. The van der Waals surface area contributed by atoms with Crippen LogP contribution in [-0.4, -0.2) is 115 Å². The van der Waals surface area contributed by atoms with Crippen molar-refractivity contribution in [3.63, 3.8) is 0 Å². The van der Waals surface area contributed by atoms with E-state index in [0.29, 0.717) is 18.4 Å². The van der Waals surface area contributed by atoms with Crippen LogP contribution in [0.4, 0.5) is 0 Å². The van der Waals surface area contributed by atoms with Gasteiger partial charge in [0.25, 0.3) is 0 Å². The number of rotatable bonds is 12. The molecule has 7 nitrogen and oxygen atoms in total. The fraction of sp³-hybridized carbons (Fsp3) is 0.974. The van der Waals surface area contributed by atoms with Crippen LogP contribution in [0.2, 0.25) is 0 Å². The lowest BCUT2D eigenvalue weighted by molar-refractivity contribution is -0.156. The van der Waals surface area contributed by atoms with Gasteiger partial charge in [-0.15, -0.1) is 0 Å². The first-order valence-corrected chi connectivity index (χ1v) is 19.4. The molecule has 0 unspecified atom stereocenters. The zero-order chi connectivity index (χ0) is 32.8. The van der Waals surface area contributed by atoms with Crippen LogP contribution in [0.15, 0.2) is 0 Å². The summed E-state index contributed by atoms with van der Waals surface area (Å²) in [6.07, 6.45) is 16.2. The van der Waals surface area contributed by atoms with Crippen LogP contribution in [0.25, 0.3) is 0 Å². The van der Waals surface area contributed by atoms with E-state index in [0.717, 1.165) is 23.9 Å². The molecule has 0 atom stereocenters. The van der Waals surface area contributed by atoms with Crippen LogP contribution in [0.1, 0.15) is 132 Å². The van der Waals surface area contributed by atoms with Gasteiger partial charge in [0.15, 0.2) is 0 Å². The van der Waals surface area contributed by atoms with Crippen molar-refractivity contribution in [1.29, 1.82) is 0 Å². The lowest BCUT2D eigenvalue weighted by Crippen LogP contribution is -2.46. The van der Waals surface area contributed by atoms with Crippen molar-refractivity contribution < 1.29 is 9.53 Å². The summed E-state index contributed by atoms with van der Waals surface area (Å²) in [4.78, 5) is 22.7. The van der Waals surface area contributed by atoms with Gasteiger partial charge in [-0.2, -0.15) is 0 Å². The number of ether oxygens (including phenoxy) is 1. The van der Waals surface area contributed by atoms with E-state index in [9.17, 15) is 4.79 Å². The highest BCUT2D eigenvalue weighted by atomic mass is 16.6. The summed E-state index contributed by atoms with van der Waals surface area (Å²) in [6.45, 7) is 27.5. The fourth-order valence-corrected chi connectivity index (χ4v) is 8.49. The van der Waals surface area contributed by atoms with Gasteiger partial charge in [0.05, 0.1) is 0 Å². The van der Waals surface area contributed by atoms with E-state index in [1.165, 1.54) is 142 Å². The Labute approximate surface area is 279 Å². The SMILES string of the molecule is CCN(CC)CC1CCN(C2CCC(CC(=O)OC(C)(C)C)CC2)CC1.CCN(CC)CC1CCN(C2CCC(N)CC2)CC1. The Bertz CT molecular complexity index is 778. The predicted octanol–water partition coefficient (Wildman–Crippen LogP) is 6.64. The molecule has 0 radical (unpaired) electrons. The van der Waals surface area contributed by atoms with Gasteiger partial charge in [0, 0.05) is 37.6 Å². The molecular weight excluding hydrogens is 558 g/mol. The number of nitrogens with two attached hydrogens (primary N) is 1. The summed E-state index contributed by atoms with van der Waals surface area (Å²) in [5.41, 5.74) is 5.65. The minimum Gasteiger partial charge on any atom is -0.460 e. The third kappa shape index (κ3) is 14.1. The molecule has 2 aliphatic heterocycles. The molecule has 2 heterocycles. The number of carbonyl (C=O) groups excluding carboxylic acids is 1. The van der Waals surface area contributed by atoms with Crippen molar-refractivity contribution in [2.24, 2.45) is 23.5 Å². The predicted molar refractivity (Wildman–Crippen MR) is 191 cm³/mol. The average molecular weight is 634 g/mol. The second-order valence-corrected chi connectivity index (χ2v) is 16.0. The molecule has 0 spiro atoms. The Morgan fingerprint density at radius 3 is 1.36 bits per heavy atom. The van der Waals surface area contributed by atoms with Crippen LogP contribution < -0.4 is 5.73 Å². The third-order valence-corrected chi connectivity index (χ3v) is 11.6. The highest BCUT2D eigenvalue weighted by Gasteiger charge is 2.31. The van der Waals surface area contributed by atoms with Crippen molar-refractivity contribution in [2.75, 3.05) is 65.4 Å². The molecule has 0 aromatic carbocycles. The van der Waals surface area contributed by atoms with E-state index < -0.39 is 0 Å². The lowest BCUT2D eigenvalue weighted by Gasteiger charge is -2.41. The van der Waals surface area contributed by atoms with Crippen LogP contribution >= 0.6 is 0 Å². The second kappa shape index (κ2) is 19.9. The monoisotopic (exact) mass is 634 g/mol. The van der Waals surface area contributed by atoms with E-state index in [1.807, 2.05) is 20.8 Å². The summed E-state index contributed by atoms with van der Waals surface area (Å²) in [5.74, 6) is 2.33. The second-order valence-electron chi connectivity index (χ2n) is 16.0. The maximum atomic E-state index is 12.0. The minimum absolute atomic E-state index is 0.0156. The number of piperidine rings is 2. The van der Waals surface area contributed by atoms with Gasteiger partial charge in [-0.25, -0.2) is 0 Å². The molecule has 7 heteroatoms. The largest absolute Gasteiger partial charge is 0.460 e. The van der Waals surface area contributed by atoms with Crippen LogP contribution in [0, 0.1) is 17.8 Å². The van der Waals surface area contributed by atoms with E-state index >= 15 is 0 Å². The number of hydrogen-bond donors (Lipinski definition) is 1. The summed E-state index contributed by atoms with van der Waals surface area (Å²) in [7, 11) is 0. The number of esters is 1. The Morgan fingerprint density at radius 2 is 1.00 bits per heavy atom. The third-order valence-electron chi connectivity index (χ3n) is 11.6. The summed E-state index contributed by atoms with van der Waals surface area (Å²) >= 11 is 0. The minimum atomic E-state index is -0.357. The smallest absolute Gasteiger partial charge is 0.306 e. The molecule has 45 heavy (non-hydrogen) atoms. The molecule has 4 rings (SSSR count). The molecule has 2 aliphatic carbocycles. The van der Waals surface area contributed by atoms with Crippen LogP contribution in [-0.2, 0) is 9.53 Å².